The summed E-state index contributed by atoms with van der Waals surface area (Å²) in [5.41, 5.74) is 1.15. The second kappa shape index (κ2) is 11.1. The molecule has 0 radical (unpaired) electrons. The average molecular weight is 705 g/mol. The standard InChI is InChI=1S/C18H18I3N3O3/c1-5-8-22-17(26)11-13(19)12(18(27)23-9-6-2)15(21)16(14(11)20)24(4)10(25)7-3/h5-7H,1-3,8-9H2,4H3,(H,22,26)(H,23,27). The first-order chi connectivity index (χ1) is 12.7. The molecular formula is C18H18I3N3O3. The molecule has 0 saturated carbocycles. The number of rotatable bonds is 8. The van der Waals surface area contributed by atoms with Crippen molar-refractivity contribution in [2.75, 3.05) is 25.0 Å². The molecule has 0 heterocycles. The molecule has 0 aliphatic heterocycles. The Morgan fingerprint density at radius 2 is 1.30 bits per heavy atom. The summed E-state index contributed by atoms with van der Waals surface area (Å²) in [6.45, 7) is 11.2. The monoisotopic (exact) mass is 705 g/mol. The zero-order chi connectivity index (χ0) is 20.7. The van der Waals surface area contributed by atoms with Gasteiger partial charge in [0.15, 0.2) is 0 Å². The Morgan fingerprint density at radius 3 is 1.63 bits per heavy atom. The number of nitrogens with one attached hydrogen (secondary N) is 2. The fourth-order valence-corrected chi connectivity index (χ4v) is 6.97. The van der Waals surface area contributed by atoms with Crippen LogP contribution in [0.2, 0.25) is 0 Å². The van der Waals surface area contributed by atoms with Crippen LogP contribution in [-0.4, -0.2) is 37.9 Å². The highest BCUT2D eigenvalue weighted by atomic mass is 127. The molecule has 1 aromatic carbocycles. The highest BCUT2D eigenvalue weighted by Gasteiger charge is 2.30. The van der Waals surface area contributed by atoms with E-state index in [0.29, 0.717) is 27.5 Å². The number of halogens is 3. The Morgan fingerprint density at radius 1 is 0.889 bits per heavy atom. The van der Waals surface area contributed by atoms with Crippen molar-refractivity contribution in [1.82, 2.24) is 10.6 Å². The number of benzene rings is 1. The van der Waals surface area contributed by atoms with E-state index in [1.165, 1.54) is 11.0 Å². The van der Waals surface area contributed by atoms with Crippen LogP contribution in [0.25, 0.3) is 0 Å². The largest absolute Gasteiger partial charge is 0.349 e. The Labute approximate surface area is 199 Å². The van der Waals surface area contributed by atoms with Gasteiger partial charge in [-0.1, -0.05) is 18.7 Å². The van der Waals surface area contributed by atoms with Gasteiger partial charge in [0.25, 0.3) is 11.8 Å². The Balaban J connectivity index is 3.77. The van der Waals surface area contributed by atoms with Gasteiger partial charge in [-0.05, 0) is 73.8 Å². The summed E-state index contributed by atoms with van der Waals surface area (Å²) in [7, 11) is 1.58. The van der Waals surface area contributed by atoms with Gasteiger partial charge in [0.1, 0.15) is 0 Å². The summed E-state index contributed by atoms with van der Waals surface area (Å²) >= 11 is 6.03. The Bertz CT molecular complexity index is 771. The van der Waals surface area contributed by atoms with Crippen molar-refractivity contribution in [2.45, 2.75) is 0 Å². The highest BCUT2D eigenvalue weighted by molar-refractivity contribution is 14.1. The van der Waals surface area contributed by atoms with Gasteiger partial charge < -0.3 is 15.5 Å². The minimum absolute atomic E-state index is 0.283. The number of hydrogen-bond donors (Lipinski definition) is 2. The number of anilines is 1. The molecule has 0 spiro atoms. The van der Waals surface area contributed by atoms with Crippen LogP contribution in [-0.2, 0) is 4.79 Å². The lowest BCUT2D eigenvalue weighted by Gasteiger charge is -2.24. The van der Waals surface area contributed by atoms with E-state index in [1.54, 1.807) is 19.2 Å². The number of carbonyl (C=O) groups excluding carboxylic acids is 3. The molecule has 2 N–H and O–H groups in total. The van der Waals surface area contributed by atoms with Gasteiger partial charge in [-0.3, -0.25) is 14.4 Å². The van der Waals surface area contributed by atoms with Crippen molar-refractivity contribution in [3.05, 3.63) is 59.8 Å². The first-order valence-corrected chi connectivity index (χ1v) is 10.8. The highest BCUT2D eigenvalue weighted by Crippen LogP contribution is 2.37. The van der Waals surface area contributed by atoms with Crippen LogP contribution in [0.15, 0.2) is 38.0 Å². The van der Waals surface area contributed by atoms with Crippen LogP contribution in [0.3, 0.4) is 0 Å². The molecule has 0 atom stereocenters. The minimum Gasteiger partial charge on any atom is -0.349 e. The maximum absolute atomic E-state index is 12.7. The van der Waals surface area contributed by atoms with E-state index in [4.69, 9.17) is 0 Å². The van der Waals surface area contributed by atoms with Crippen LogP contribution >= 0.6 is 67.8 Å². The van der Waals surface area contributed by atoms with Crippen molar-refractivity contribution in [1.29, 1.82) is 0 Å². The minimum atomic E-state index is -0.349. The summed E-state index contributed by atoms with van der Waals surface area (Å²) < 4.78 is 1.65. The first-order valence-electron chi connectivity index (χ1n) is 7.61. The van der Waals surface area contributed by atoms with Crippen molar-refractivity contribution in [2.24, 2.45) is 0 Å². The van der Waals surface area contributed by atoms with E-state index in [2.05, 4.69) is 30.4 Å². The molecule has 3 amide bonds. The third-order valence-electron chi connectivity index (χ3n) is 3.40. The normalized spacial score (nSPS) is 9.93. The number of nitrogens with zero attached hydrogens (tertiary/aromatic N) is 1. The average Bonchev–Trinajstić information content (AvgIpc) is 2.63. The molecule has 1 rings (SSSR count). The molecule has 0 aromatic heterocycles. The summed E-state index contributed by atoms with van der Waals surface area (Å²) in [6.07, 6.45) is 4.31. The fourth-order valence-electron chi connectivity index (χ4n) is 2.10. The predicted molar refractivity (Wildman–Crippen MR) is 133 cm³/mol. The van der Waals surface area contributed by atoms with E-state index in [-0.39, 0.29) is 30.8 Å². The lowest BCUT2D eigenvalue weighted by molar-refractivity contribution is -0.113. The predicted octanol–water partition coefficient (Wildman–Crippen LogP) is 3.48. The third kappa shape index (κ3) is 5.53. The van der Waals surface area contributed by atoms with E-state index in [9.17, 15) is 14.4 Å². The molecule has 0 aliphatic rings. The van der Waals surface area contributed by atoms with Crippen molar-refractivity contribution >= 4 is 91.2 Å². The Hall–Kier alpha value is -0.960. The van der Waals surface area contributed by atoms with E-state index >= 15 is 0 Å². The smallest absolute Gasteiger partial charge is 0.253 e. The van der Waals surface area contributed by atoms with Crippen LogP contribution in [0.4, 0.5) is 5.69 Å². The summed E-state index contributed by atoms with van der Waals surface area (Å²) in [4.78, 5) is 39.0. The maximum Gasteiger partial charge on any atom is 0.253 e. The number of carbonyl (C=O) groups is 3. The molecule has 27 heavy (non-hydrogen) atoms. The van der Waals surface area contributed by atoms with Crippen LogP contribution in [0.5, 0.6) is 0 Å². The maximum atomic E-state index is 12.7. The molecule has 9 heteroatoms. The number of amides is 3. The molecule has 0 bridgehead atoms. The number of hydrogen-bond acceptors (Lipinski definition) is 3. The summed E-state index contributed by atoms with van der Waals surface area (Å²) in [5.74, 6) is -1.04. The second-order valence-electron chi connectivity index (χ2n) is 5.14. The van der Waals surface area contributed by atoms with Gasteiger partial charge in [0.05, 0.1) is 24.0 Å². The van der Waals surface area contributed by atoms with Gasteiger partial charge in [-0.15, -0.1) is 13.2 Å². The van der Waals surface area contributed by atoms with Crippen molar-refractivity contribution in [3.63, 3.8) is 0 Å². The van der Waals surface area contributed by atoms with E-state index < -0.39 is 0 Å². The lowest BCUT2D eigenvalue weighted by atomic mass is 10.1. The second-order valence-corrected chi connectivity index (χ2v) is 8.38. The van der Waals surface area contributed by atoms with Gasteiger partial charge in [-0.2, -0.15) is 0 Å². The molecule has 0 fully saturated rings. The van der Waals surface area contributed by atoms with Crippen LogP contribution in [0, 0.1) is 10.7 Å². The molecular weight excluding hydrogens is 687 g/mol. The van der Waals surface area contributed by atoms with Crippen LogP contribution in [0.1, 0.15) is 20.7 Å². The number of likely N-dealkylation sites (N-methyl/N-ethyl adjacent to an activating group) is 1. The van der Waals surface area contributed by atoms with Gasteiger partial charge >= 0.3 is 0 Å². The molecule has 1 aromatic rings. The third-order valence-corrected chi connectivity index (χ3v) is 6.58. The Kier molecular flexibility index (Phi) is 9.94. The summed E-state index contributed by atoms with van der Waals surface area (Å²) in [5, 5.41) is 5.46. The molecule has 0 aliphatic carbocycles. The molecule has 0 saturated heterocycles. The lowest BCUT2D eigenvalue weighted by Crippen LogP contribution is -2.33. The SMILES string of the molecule is C=CCNC(=O)c1c(I)c(C(=O)NCC=C)c(I)c(N(C)C(=O)C=C)c1I. The quantitative estimate of drug-likeness (QED) is 0.247. The molecule has 6 nitrogen and oxygen atoms in total. The van der Waals surface area contributed by atoms with Gasteiger partial charge in [0.2, 0.25) is 5.91 Å². The molecule has 0 unspecified atom stereocenters. The van der Waals surface area contributed by atoms with Crippen molar-refractivity contribution < 1.29 is 14.4 Å². The fraction of sp³-hybridized carbons (Fsp3) is 0.167. The van der Waals surface area contributed by atoms with E-state index in [1.807, 2.05) is 67.8 Å². The molecule has 144 valence electrons. The first kappa shape index (κ1) is 24.1. The summed E-state index contributed by atoms with van der Waals surface area (Å²) in [6, 6.07) is 0. The van der Waals surface area contributed by atoms with Gasteiger partial charge in [-0.25, -0.2) is 0 Å². The topological polar surface area (TPSA) is 78.5 Å². The van der Waals surface area contributed by atoms with Crippen LogP contribution < -0.4 is 15.5 Å². The van der Waals surface area contributed by atoms with Crippen molar-refractivity contribution in [3.8, 4) is 0 Å². The van der Waals surface area contributed by atoms with Gasteiger partial charge in [0, 0.05) is 23.7 Å². The zero-order valence-electron chi connectivity index (χ0n) is 14.6. The van der Waals surface area contributed by atoms with E-state index in [0.717, 1.165) is 0 Å². The zero-order valence-corrected chi connectivity index (χ0v) is 21.0.